The fraction of sp³-hybridized carbons (Fsp3) is 0.538. The number of rotatable bonds is 8. The fourth-order valence-corrected chi connectivity index (χ4v) is 4.88. The Labute approximate surface area is 194 Å². The van der Waals surface area contributed by atoms with Gasteiger partial charge in [0.2, 0.25) is 0 Å². The van der Waals surface area contributed by atoms with Crippen molar-refractivity contribution in [1.29, 1.82) is 0 Å². The summed E-state index contributed by atoms with van der Waals surface area (Å²) in [6, 6.07) is 7.26. The quantitative estimate of drug-likeness (QED) is 0.490. The van der Waals surface area contributed by atoms with Crippen LogP contribution in [0.1, 0.15) is 66.0 Å². The molecule has 0 bridgehead atoms. The number of ether oxygens (including phenoxy) is 1. The number of nitrogens with zero attached hydrogens (tertiary/aromatic N) is 2. The van der Waals surface area contributed by atoms with Gasteiger partial charge in [0.25, 0.3) is 5.56 Å². The lowest BCUT2D eigenvalue weighted by Crippen LogP contribution is -2.39. The van der Waals surface area contributed by atoms with Gasteiger partial charge < -0.3 is 9.72 Å². The van der Waals surface area contributed by atoms with E-state index in [1.54, 1.807) is 7.11 Å². The lowest BCUT2D eigenvalue weighted by atomic mass is 9.88. The van der Waals surface area contributed by atoms with Crippen LogP contribution >= 0.6 is 0 Å². The van der Waals surface area contributed by atoms with Gasteiger partial charge in [-0.25, -0.2) is 4.98 Å². The zero-order chi connectivity index (χ0) is 23.2. The lowest BCUT2D eigenvalue weighted by Gasteiger charge is -2.30. The van der Waals surface area contributed by atoms with Gasteiger partial charge in [0, 0.05) is 29.9 Å². The molecule has 1 aliphatic carbocycles. The summed E-state index contributed by atoms with van der Waals surface area (Å²) in [6.07, 6.45) is 7.25. The molecule has 176 valence electrons. The minimum Gasteiger partial charge on any atom is -0.497 e. The summed E-state index contributed by atoms with van der Waals surface area (Å²) in [6.45, 7) is 1.87. The van der Waals surface area contributed by atoms with E-state index in [1.807, 2.05) is 24.3 Å². The molecule has 0 radical (unpaired) electrons. The van der Waals surface area contributed by atoms with Crippen molar-refractivity contribution in [2.75, 3.05) is 26.7 Å². The largest absolute Gasteiger partial charge is 0.497 e. The van der Waals surface area contributed by atoms with Gasteiger partial charge in [-0.2, -0.15) is 0 Å². The Bertz CT molecular complexity index is 1040. The van der Waals surface area contributed by atoms with Gasteiger partial charge in [0.05, 0.1) is 19.3 Å². The van der Waals surface area contributed by atoms with E-state index in [-0.39, 0.29) is 23.0 Å². The van der Waals surface area contributed by atoms with E-state index in [9.17, 15) is 14.4 Å². The second kappa shape index (κ2) is 10.9. The number of piperidine rings is 1. The van der Waals surface area contributed by atoms with Crippen molar-refractivity contribution in [3.05, 3.63) is 57.3 Å². The minimum atomic E-state index is -0.0343. The van der Waals surface area contributed by atoms with Crippen molar-refractivity contribution in [2.45, 2.75) is 57.8 Å². The molecule has 1 aliphatic heterocycles. The lowest BCUT2D eigenvalue weighted by molar-refractivity contribution is -0.120. The first-order chi connectivity index (χ1) is 16.0. The first kappa shape index (κ1) is 23.4. The first-order valence-corrected chi connectivity index (χ1v) is 12.1. The molecule has 0 atom stereocenters. The Balaban J connectivity index is 1.24. The average molecular weight is 452 g/mol. The summed E-state index contributed by atoms with van der Waals surface area (Å²) in [7, 11) is 1.61. The summed E-state index contributed by atoms with van der Waals surface area (Å²) >= 11 is 0. The topological polar surface area (TPSA) is 92.4 Å². The van der Waals surface area contributed by atoms with E-state index in [4.69, 9.17) is 4.74 Å². The van der Waals surface area contributed by atoms with Crippen molar-refractivity contribution in [2.24, 2.45) is 5.92 Å². The monoisotopic (exact) mass is 451 g/mol. The van der Waals surface area contributed by atoms with Gasteiger partial charge >= 0.3 is 0 Å². The highest BCUT2D eigenvalue weighted by molar-refractivity contribution is 5.98. The maximum absolute atomic E-state index is 12.8. The molecule has 1 saturated heterocycles. The number of carbonyl (C=O) groups excluding carboxylic acids is 2. The molecule has 7 heteroatoms. The van der Waals surface area contributed by atoms with Crippen LogP contribution in [0.2, 0.25) is 0 Å². The highest BCUT2D eigenvalue weighted by Crippen LogP contribution is 2.23. The molecule has 33 heavy (non-hydrogen) atoms. The Morgan fingerprint density at radius 1 is 1.09 bits per heavy atom. The van der Waals surface area contributed by atoms with Crippen molar-refractivity contribution < 1.29 is 14.3 Å². The van der Waals surface area contributed by atoms with E-state index in [1.165, 1.54) is 0 Å². The number of likely N-dealkylation sites (tertiary alicyclic amines) is 1. The molecule has 1 N–H and O–H groups in total. The maximum atomic E-state index is 12.8. The molecule has 2 aromatic rings. The van der Waals surface area contributed by atoms with Gasteiger partial charge in [0.1, 0.15) is 17.4 Å². The van der Waals surface area contributed by atoms with Crippen LogP contribution < -0.4 is 10.3 Å². The predicted molar refractivity (Wildman–Crippen MR) is 126 cm³/mol. The average Bonchev–Trinajstić information content (AvgIpc) is 3.09. The molecule has 1 aromatic heterocycles. The van der Waals surface area contributed by atoms with Gasteiger partial charge in [0.15, 0.2) is 5.78 Å². The smallest absolute Gasteiger partial charge is 0.254 e. The Hall–Kier alpha value is -2.80. The number of H-pyrrole nitrogens is 1. The van der Waals surface area contributed by atoms with Crippen LogP contribution in [0.3, 0.4) is 0 Å². The van der Waals surface area contributed by atoms with Crippen LogP contribution in [0.5, 0.6) is 5.75 Å². The first-order valence-electron chi connectivity index (χ1n) is 12.1. The van der Waals surface area contributed by atoms with Crippen LogP contribution in [-0.4, -0.2) is 53.2 Å². The number of hydrogen-bond donors (Lipinski definition) is 1. The molecule has 2 heterocycles. The molecular formula is C26H33N3O4. The van der Waals surface area contributed by atoms with E-state index in [0.29, 0.717) is 30.8 Å². The summed E-state index contributed by atoms with van der Waals surface area (Å²) in [5, 5.41) is 0. The predicted octanol–water partition coefficient (Wildman–Crippen LogP) is 3.14. The van der Waals surface area contributed by atoms with Gasteiger partial charge in [-0.3, -0.25) is 19.3 Å². The number of benzene rings is 1. The number of Topliss-reactive ketones (excluding diaryl/α,β-unsaturated/α-hetero) is 2. The molecule has 0 amide bonds. The van der Waals surface area contributed by atoms with Crippen LogP contribution in [0.25, 0.3) is 0 Å². The normalized spacial score (nSPS) is 17.2. The van der Waals surface area contributed by atoms with Crippen molar-refractivity contribution in [1.82, 2.24) is 14.9 Å². The van der Waals surface area contributed by atoms with Crippen molar-refractivity contribution >= 4 is 11.6 Å². The van der Waals surface area contributed by atoms with Crippen molar-refractivity contribution in [3.8, 4) is 5.75 Å². The number of carbonyl (C=O) groups is 2. The number of nitrogens with one attached hydrogen (secondary N) is 1. The van der Waals surface area contributed by atoms with E-state index < -0.39 is 0 Å². The third-order valence-corrected chi connectivity index (χ3v) is 6.86. The second-order valence-electron chi connectivity index (χ2n) is 9.18. The highest BCUT2D eigenvalue weighted by Gasteiger charge is 2.26. The van der Waals surface area contributed by atoms with Crippen LogP contribution in [-0.2, 0) is 24.1 Å². The SMILES string of the molecule is COc1ccc(C(=O)C2CCN(CC(=O)CCc3nc4c(c(=O)[nH]3)CCCCC4)CC2)cc1. The molecule has 0 saturated carbocycles. The standard InChI is InChI=1S/C26H33N3O4/c1-33-21-10-7-18(8-11-21)25(31)19-13-15-29(16-14-19)17-20(30)9-12-24-27-23-6-4-2-3-5-22(23)26(32)28-24/h7-8,10-11,19H,2-6,9,12-17H2,1H3,(H,27,28,32). The summed E-state index contributed by atoms with van der Waals surface area (Å²) in [5.74, 6) is 1.68. The van der Waals surface area contributed by atoms with Crippen LogP contribution in [0.15, 0.2) is 29.1 Å². The number of methoxy groups -OCH3 is 1. The third kappa shape index (κ3) is 5.96. The molecule has 7 nitrogen and oxygen atoms in total. The molecule has 0 unspecified atom stereocenters. The zero-order valence-corrected chi connectivity index (χ0v) is 19.4. The van der Waals surface area contributed by atoms with Crippen LogP contribution in [0, 0.1) is 5.92 Å². The highest BCUT2D eigenvalue weighted by atomic mass is 16.5. The Morgan fingerprint density at radius 3 is 2.55 bits per heavy atom. The number of hydrogen-bond acceptors (Lipinski definition) is 6. The summed E-state index contributed by atoms with van der Waals surface area (Å²) in [4.78, 5) is 47.4. The molecule has 1 fully saturated rings. The molecular weight excluding hydrogens is 418 g/mol. The van der Waals surface area contributed by atoms with E-state index in [0.717, 1.165) is 75.0 Å². The van der Waals surface area contributed by atoms with Gasteiger partial charge in [-0.1, -0.05) is 6.42 Å². The Morgan fingerprint density at radius 2 is 1.82 bits per heavy atom. The van der Waals surface area contributed by atoms with E-state index >= 15 is 0 Å². The fourth-order valence-electron chi connectivity index (χ4n) is 4.88. The number of aromatic nitrogens is 2. The van der Waals surface area contributed by atoms with E-state index in [2.05, 4.69) is 14.9 Å². The minimum absolute atomic E-state index is 0.00130. The second-order valence-corrected chi connectivity index (χ2v) is 9.18. The number of fused-ring (bicyclic) bond motifs is 1. The number of ketones is 2. The third-order valence-electron chi connectivity index (χ3n) is 6.86. The Kier molecular flexibility index (Phi) is 7.70. The van der Waals surface area contributed by atoms with Crippen molar-refractivity contribution in [3.63, 3.8) is 0 Å². The summed E-state index contributed by atoms with van der Waals surface area (Å²) in [5.41, 5.74) is 2.43. The van der Waals surface area contributed by atoms with Gasteiger partial charge in [-0.15, -0.1) is 0 Å². The van der Waals surface area contributed by atoms with Crippen LogP contribution in [0.4, 0.5) is 0 Å². The molecule has 4 rings (SSSR count). The zero-order valence-electron chi connectivity index (χ0n) is 19.4. The molecule has 0 spiro atoms. The number of aromatic amines is 1. The molecule has 2 aliphatic rings. The number of aryl methyl sites for hydroxylation is 2. The maximum Gasteiger partial charge on any atom is 0.254 e. The van der Waals surface area contributed by atoms with Gasteiger partial charge in [-0.05, 0) is 75.9 Å². The molecule has 1 aromatic carbocycles. The summed E-state index contributed by atoms with van der Waals surface area (Å²) < 4.78 is 5.16.